The van der Waals surface area contributed by atoms with E-state index in [1.807, 2.05) is 20.8 Å². The van der Waals surface area contributed by atoms with Crippen LogP contribution in [0.5, 0.6) is 0 Å². The number of hydrogen-bond acceptors (Lipinski definition) is 4. The van der Waals surface area contributed by atoms with Gasteiger partial charge in [-0.1, -0.05) is 13.0 Å². The number of rotatable bonds is 5. The maximum atomic E-state index is 11.0. The van der Waals surface area contributed by atoms with E-state index in [2.05, 4.69) is 5.32 Å². The quantitative estimate of drug-likeness (QED) is 0.620. The number of nitrogens with one attached hydrogen (secondary N) is 1. The van der Waals surface area contributed by atoms with Crippen LogP contribution < -0.4 is 5.32 Å². The summed E-state index contributed by atoms with van der Waals surface area (Å²) < 4.78 is 0. The summed E-state index contributed by atoms with van der Waals surface area (Å²) in [5, 5.41) is 23.0. The number of nitro benzene ring substituents is 1. The van der Waals surface area contributed by atoms with Gasteiger partial charge >= 0.3 is 11.7 Å². The average Bonchev–Trinajstić information content (AvgIpc) is 2.27. The number of benzene rings is 1. The highest BCUT2D eigenvalue weighted by atomic mass is 16.6. The molecule has 0 spiro atoms. The first-order chi connectivity index (χ1) is 8.28. The van der Waals surface area contributed by atoms with Crippen molar-refractivity contribution in [2.75, 3.05) is 5.32 Å². The summed E-state index contributed by atoms with van der Waals surface area (Å²) in [5.74, 6) is -1.31. The molecule has 0 aliphatic heterocycles. The molecule has 6 nitrogen and oxygen atoms in total. The van der Waals surface area contributed by atoms with E-state index < -0.39 is 16.6 Å². The van der Waals surface area contributed by atoms with Gasteiger partial charge in [0, 0.05) is 5.54 Å². The first-order valence-corrected chi connectivity index (χ1v) is 5.57. The molecule has 0 atom stereocenters. The molecule has 0 aliphatic rings. The normalized spacial score (nSPS) is 11.1. The molecule has 1 aromatic carbocycles. The Kier molecular flexibility index (Phi) is 3.90. The lowest BCUT2D eigenvalue weighted by Crippen LogP contribution is -2.30. The van der Waals surface area contributed by atoms with Crippen molar-refractivity contribution in [1.82, 2.24) is 0 Å². The molecule has 0 saturated heterocycles. The summed E-state index contributed by atoms with van der Waals surface area (Å²) in [7, 11) is 0. The van der Waals surface area contributed by atoms with Gasteiger partial charge in [0.05, 0.1) is 4.92 Å². The van der Waals surface area contributed by atoms with Crippen molar-refractivity contribution >= 4 is 17.3 Å². The van der Waals surface area contributed by atoms with Crippen LogP contribution in [0.2, 0.25) is 0 Å². The Bertz CT molecular complexity index is 483. The molecule has 6 heteroatoms. The van der Waals surface area contributed by atoms with Gasteiger partial charge in [-0.3, -0.25) is 10.1 Å². The molecule has 0 saturated carbocycles. The molecule has 0 aliphatic carbocycles. The number of carboxylic acid groups (broad SMARTS) is 1. The predicted octanol–water partition coefficient (Wildman–Crippen LogP) is 2.89. The van der Waals surface area contributed by atoms with Crippen molar-refractivity contribution in [2.24, 2.45) is 0 Å². The van der Waals surface area contributed by atoms with Gasteiger partial charge in [-0.25, -0.2) is 4.79 Å². The standard InChI is InChI=1S/C12H16N2O4/c1-4-12(2,3)13-9-7-5-6-8(11(15)16)10(9)14(17)18/h5-7,13H,4H2,1-3H3,(H,15,16). The van der Waals surface area contributed by atoms with Gasteiger partial charge in [-0.05, 0) is 32.4 Å². The second-order valence-corrected chi connectivity index (χ2v) is 4.63. The van der Waals surface area contributed by atoms with Gasteiger partial charge in [-0.2, -0.15) is 0 Å². The highest BCUT2D eigenvalue weighted by Crippen LogP contribution is 2.31. The van der Waals surface area contributed by atoms with E-state index >= 15 is 0 Å². The summed E-state index contributed by atoms with van der Waals surface area (Å²) in [6.45, 7) is 5.73. The van der Waals surface area contributed by atoms with Crippen LogP contribution in [0.1, 0.15) is 37.6 Å². The molecule has 2 N–H and O–H groups in total. The lowest BCUT2D eigenvalue weighted by Gasteiger charge is -2.25. The molecule has 18 heavy (non-hydrogen) atoms. The third kappa shape index (κ3) is 2.97. The Labute approximate surface area is 105 Å². The zero-order valence-corrected chi connectivity index (χ0v) is 10.6. The van der Waals surface area contributed by atoms with E-state index in [1.165, 1.54) is 18.2 Å². The van der Waals surface area contributed by atoms with E-state index in [9.17, 15) is 14.9 Å². The Morgan fingerprint density at radius 1 is 1.50 bits per heavy atom. The van der Waals surface area contributed by atoms with E-state index in [0.717, 1.165) is 6.42 Å². The van der Waals surface area contributed by atoms with Crippen molar-refractivity contribution in [3.8, 4) is 0 Å². The smallest absolute Gasteiger partial charge is 0.342 e. The topological polar surface area (TPSA) is 92.5 Å². The Morgan fingerprint density at radius 2 is 2.11 bits per heavy atom. The fourth-order valence-electron chi connectivity index (χ4n) is 1.47. The van der Waals surface area contributed by atoms with E-state index in [0.29, 0.717) is 0 Å². The number of nitrogens with zero attached hydrogens (tertiary/aromatic N) is 1. The van der Waals surface area contributed by atoms with Gasteiger partial charge in [0.1, 0.15) is 11.3 Å². The third-order valence-electron chi connectivity index (χ3n) is 2.81. The first kappa shape index (κ1) is 14.0. The molecule has 1 rings (SSSR count). The maximum absolute atomic E-state index is 11.0. The number of hydrogen-bond donors (Lipinski definition) is 2. The fraction of sp³-hybridized carbons (Fsp3) is 0.417. The van der Waals surface area contributed by atoms with Gasteiger partial charge in [0.15, 0.2) is 0 Å². The number of carbonyl (C=O) groups is 1. The minimum atomic E-state index is -1.31. The predicted molar refractivity (Wildman–Crippen MR) is 68.0 cm³/mol. The molecule has 0 heterocycles. The Balaban J connectivity index is 3.32. The van der Waals surface area contributed by atoms with Crippen LogP contribution in [-0.4, -0.2) is 21.5 Å². The lowest BCUT2D eigenvalue weighted by atomic mass is 10.0. The van der Waals surface area contributed by atoms with Gasteiger partial charge in [0.25, 0.3) is 0 Å². The molecule has 0 bridgehead atoms. The SMILES string of the molecule is CCC(C)(C)Nc1cccc(C(=O)O)c1[N+](=O)[O-]. The molecular formula is C12H16N2O4. The second-order valence-electron chi connectivity index (χ2n) is 4.63. The van der Waals surface area contributed by atoms with Crippen molar-refractivity contribution < 1.29 is 14.8 Å². The number of carboxylic acids is 1. The van der Waals surface area contributed by atoms with Crippen LogP contribution in [0.4, 0.5) is 11.4 Å². The Morgan fingerprint density at radius 3 is 2.56 bits per heavy atom. The zero-order valence-electron chi connectivity index (χ0n) is 10.6. The third-order valence-corrected chi connectivity index (χ3v) is 2.81. The molecule has 0 fully saturated rings. The molecule has 98 valence electrons. The van der Waals surface area contributed by atoms with Crippen molar-refractivity contribution in [1.29, 1.82) is 0 Å². The van der Waals surface area contributed by atoms with Crippen LogP contribution in [0.3, 0.4) is 0 Å². The summed E-state index contributed by atoms with van der Waals surface area (Å²) >= 11 is 0. The van der Waals surface area contributed by atoms with Crippen LogP contribution >= 0.6 is 0 Å². The van der Waals surface area contributed by atoms with E-state index in [-0.39, 0.29) is 16.8 Å². The largest absolute Gasteiger partial charge is 0.477 e. The van der Waals surface area contributed by atoms with Gasteiger partial charge in [0.2, 0.25) is 0 Å². The fourth-order valence-corrected chi connectivity index (χ4v) is 1.47. The van der Waals surface area contributed by atoms with Crippen LogP contribution in [0, 0.1) is 10.1 Å². The minimum Gasteiger partial charge on any atom is -0.477 e. The first-order valence-electron chi connectivity index (χ1n) is 5.57. The Hall–Kier alpha value is -2.11. The molecule has 0 amide bonds. The second kappa shape index (κ2) is 5.03. The molecule has 1 aromatic rings. The lowest BCUT2D eigenvalue weighted by molar-refractivity contribution is -0.384. The average molecular weight is 252 g/mol. The van der Waals surface area contributed by atoms with Crippen molar-refractivity contribution in [3.05, 3.63) is 33.9 Å². The van der Waals surface area contributed by atoms with E-state index in [1.54, 1.807) is 0 Å². The number of para-hydroxylation sites is 1. The molecule has 0 unspecified atom stereocenters. The van der Waals surface area contributed by atoms with Crippen molar-refractivity contribution in [3.63, 3.8) is 0 Å². The highest BCUT2D eigenvalue weighted by molar-refractivity contribution is 5.95. The number of nitro groups is 1. The van der Waals surface area contributed by atoms with Crippen LogP contribution in [0.15, 0.2) is 18.2 Å². The molecule has 0 aromatic heterocycles. The van der Waals surface area contributed by atoms with Gasteiger partial charge < -0.3 is 10.4 Å². The highest BCUT2D eigenvalue weighted by Gasteiger charge is 2.27. The molecular weight excluding hydrogens is 236 g/mol. The van der Waals surface area contributed by atoms with Crippen LogP contribution in [-0.2, 0) is 0 Å². The summed E-state index contributed by atoms with van der Waals surface area (Å²) in [5.41, 5.74) is -0.822. The summed E-state index contributed by atoms with van der Waals surface area (Å²) in [6.07, 6.45) is 0.751. The van der Waals surface area contributed by atoms with Gasteiger partial charge in [-0.15, -0.1) is 0 Å². The number of aromatic carboxylic acids is 1. The van der Waals surface area contributed by atoms with Crippen LogP contribution in [0.25, 0.3) is 0 Å². The summed E-state index contributed by atoms with van der Waals surface area (Å²) in [6, 6.07) is 4.23. The monoisotopic (exact) mass is 252 g/mol. The van der Waals surface area contributed by atoms with E-state index in [4.69, 9.17) is 5.11 Å². The maximum Gasteiger partial charge on any atom is 0.342 e. The minimum absolute atomic E-state index is 0.228. The zero-order chi connectivity index (χ0) is 13.9. The summed E-state index contributed by atoms with van der Waals surface area (Å²) in [4.78, 5) is 21.3. The van der Waals surface area contributed by atoms with Crippen molar-refractivity contribution in [2.45, 2.75) is 32.7 Å². The molecule has 0 radical (unpaired) electrons. The number of anilines is 1.